The van der Waals surface area contributed by atoms with Crippen LogP contribution in [-0.2, 0) is 9.53 Å². The summed E-state index contributed by atoms with van der Waals surface area (Å²) in [5.74, 6) is -0.400. The van der Waals surface area contributed by atoms with Crippen LogP contribution in [0.2, 0.25) is 0 Å². The van der Waals surface area contributed by atoms with Gasteiger partial charge in [-0.3, -0.25) is 4.79 Å². The molecule has 4 rings (SSSR count). The highest BCUT2D eigenvalue weighted by atomic mass is 16.6. The van der Waals surface area contributed by atoms with Gasteiger partial charge in [-0.2, -0.15) is 0 Å². The molecule has 2 aliphatic rings. The average Bonchev–Trinajstić information content (AvgIpc) is 3.05. The van der Waals surface area contributed by atoms with Gasteiger partial charge < -0.3 is 30.3 Å². The van der Waals surface area contributed by atoms with Gasteiger partial charge in [0.1, 0.15) is 18.0 Å². The van der Waals surface area contributed by atoms with E-state index in [0.29, 0.717) is 23.5 Å². The molecule has 2 heterocycles. The van der Waals surface area contributed by atoms with Crippen LogP contribution in [0.3, 0.4) is 0 Å². The van der Waals surface area contributed by atoms with Gasteiger partial charge in [-0.25, -0.2) is 4.79 Å². The van der Waals surface area contributed by atoms with Crippen molar-refractivity contribution in [3.63, 3.8) is 0 Å². The lowest BCUT2D eigenvalue weighted by Gasteiger charge is -2.36. The SMILES string of the molecule is O=C(O)C[C@H]1C[C@H]2c3cc(NC(=O)Nc4ccccc4)ccc3O[C@H]2[C@H](CO)O1. The van der Waals surface area contributed by atoms with Gasteiger partial charge >= 0.3 is 12.0 Å². The number of ether oxygens (including phenoxy) is 2. The summed E-state index contributed by atoms with van der Waals surface area (Å²) in [7, 11) is 0. The number of carboxylic acid groups (broad SMARTS) is 1. The van der Waals surface area contributed by atoms with E-state index in [1.165, 1.54) is 0 Å². The zero-order valence-corrected chi connectivity index (χ0v) is 15.6. The van der Waals surface area contributed by atoms with Gasteiger partial charge in [0.05, 0.1) is 19.1 Å². The number of hydrogen-bond donors (Lipinski definition) is 4. The number of fused-ring (bicyclic) bond motifs is 3. The number of aliphatic hydroxyl groups excluding tert-OH is 1. The van der Waals surface area contributed by atoms with Crippen molar-refractivity contribution >= 4 is 23.4 Å². The van der Waals surface area contributed by atoms with Crippen molar-refractivity contribution in [1.82, 2.24) is 0 Å². The summed E-state index contributed by atoms with van der Waals surface area (Å²) in [6, 6.07) is 14.1. The van der Waals surface area contributed by atoms with Gasteiger partial charge in [0.15, 0.2) is 0 Å². The number of nitrogens with one attached hydrogen (secondary N) is 2. The van der Waals surface area contributed by atoms with E-state index in [1.54, 1.807) is 24.3 Å². The average molecular weight is 398 g/mol. The third-order valence-corrected chi connectivity index (χ3v) is 5.19. The van der Waals surface area contributed by atoms with E-state index in [-0.39, 0.29) is 31.1 Å². The predicted molar refractivity (Wildman–Crippen MR) is 105 cm³/mol. The third kappa shape index (κ3) is 4.18. The van der Waals surface area contributed by atoms with Crippen LogP contribution in [0.4, 0.5) is 16.2 Å². The molecular weight excluding hydrogens is 376 g/mol. The zero-order chi connectivity index (χ0) is 20.4. The number of carbonyl (C=O) groups excluding carboxylic acids is 1. The molecule has 0 aromatic heterocycles. The largest absolute Gasteiger partial charge is 0.487 e. The molecule has 0 aliphatic carbocycles. The Morgan fingerprint density at radius 1 is 1.07 bits per heavy atom. The van der Waals surface area contributed by atoms with Gasteiger partial charge in [-0.15, -0.1) is 0 Å². The number of anilines is 2. The highest BCUT2D eigenvalue weighted by Crippen LogP contribution is 2.47. The summed E-state index contributed by atoms with van der Waals surface area (Å²) in [5, 5.41) is 24.3. The molecule has 0 spiro atoms. The van der Waals surface area contributed by atoms with E-state index in [2.05, 4.69) is 10.6 Å². The van der Waals surface area contributed by atoms with Crippen LogP contribution in [0.5, 0.6) is 5.75 Å². The van der Waals surface area contributed by atoms with E-state index in [1.807, 2.05) is 24.3 Å². The van der Waals surface area contributed by atoms with Crippen LogP contribution < -0.4 is 15.4 Å². The van der Waals surface area contributed by atoms with Crippen molar-refractivity contribution < 1.29 is 29.3 Å². The van der Waals surface area contributed by atoms with Crippen molar-refractivity contribution in [2.24, 2.45) is 0 Å². The van der Waals surface area contributed by atoms with Crippen LogP contribution in [0.25, 0.3) is 0 Å². The maximum Gasteiger partial charge on any atom is 0.323 e. The molecule has 8 heteroatoms. The van der Waals surface area contributed by atoms with Gasteiger partial charge in [-0.05, 0) is 36.8 Å². The monoisotopic (exact) mass is 398 g/mol. The van der Waals surface area contributed by atoms with E-state index in [9.17, 15) is 14.7 Å². The Bertz CT molecular complexity index is 903. The standard InChI is InChI=1S/C21H22N2O6/c24-11-18-20-16(9-14(28-18)10-19(25)26)15-8-13(6-7-17(15)29-20)23-21(27)22-12-4-2-1-3-5-12/h1-8,14,16,18,20,24H,9-11H2,(H,25,26)(H2,22,23,27)/t14-,16+,18+,20-/m1/s1. The molecule has 2 amide bonds. The van der Waals surface area contributed by atoms with E-state index < -0.39 is 18.2 Å². The summed E-state index contributed by atoms with van der Waals surface area (Å²) in [4.78, 5) is 23.4. The second kappa shape index (κ2) is 8.10. The van der Waals surface area contributed by atoms with E-state index >= 15 is 0 Å². The number of amides is 2. The molecule has 4 N–H and O–H groups in total. The lowest BCUT2D eigenvalue weighted by molar-refractivity contribution is -0.153. The normalized spacial score (nSPS) is 24.7. The molecule has 0 bridgehead atoms. The van der Waals surface area contributed by atoms with Crippen LogP contribution in [-0.4, -0.2) is 47.1 Å². The lowest BCUT2D eigenvalue weighted by atomic mass is 9.84. The molecule has 2 aliphatic heterocycles. The smallest absolute Gasteiger partial charge is 0.323 e. The summed E-state index contributed by atoms with van der Waals surface area (Å²) >= 11 is 0. The Hall–Kier alpha value is -3.10. The Kier molecular flexibility index (Phi) is 5.37. The lowest BCUT2D eigenvalue weighted by Crippen LogP contribution is -2.46. The minimum absolute atomic E-state index is 0.112. The molecule has 0 saturated carbocycles. The Labute approximate surface area is 167 Å². The first-order chi connectivity index (χ1) is 14.0. The van der Waals surface area contributed by atoms with Crippen LogP contribution in [0.15, 0.2) is 48.5 Å². The summed E-state index contributed by atoms with van der Waals surface area (Å²) in [5.41, 5.74) is 2.16. The first-order valence-corrected chi connectivity index (χ1v) is 9.45. The molecule has 0 unspecified atom stereocenters. The molecule has 0 radical (unpaired) electrons. The number of aliphatic hydroxyl groups is 1. The highest BCUT2D eigenvalue weighted by molar-refractivity contribution is 5.99. The molecule has 8 nitrogen and oxygen atoms in total. The molecule has 29 heavy (non-hydrogen) atoms. The Morgan fingerprint density at radius 2 is 1.83 bits per heavy atom. The Balaban J connectivity index is 1.50. The quantitative estimate of drug-likeness (QED) is 0.615. The van der Waals surface area contributed by atoms with Crippen molar-refractivity contribution in [1.29, 1.82) is 0 Å². The maximum atomic E-state index is 12.3. The summed E-state index contributed by atoms with van der Waals surface area (Å²) in [6.07, 6.45) is -1.14. The fourth-order valence-corrected chi connectivity index (χ4v) is 3.98. The fraction of sp³-hybridized carbons (Fsp3) is 0.333. The second-order valence-electron chi connectivity index (χ2n) is 7.20. The first kappa shape index (κ1) is 19.2. The number of carbonyl (C=O) groups is 2. The van der Waals surface area contributed by atoms with Crippen molar-refractivity contribution in [3.8, 4) is 5.75 Å². The van der Waals surface area contributed by atoms with Gasteiger partial charge in [0.25, 0.3) is 0 Å². The number of rotatable bonds is 5. The van der Waals surface area contributed by atoms with Crippen LogP contribution in [0, 0.1) is 0 Å². The zero-order valence-electron chi connectivity index (χ0n) is 15.6. The van der Waals surface area contributed by atoms with Gasteiger partial charge in [0, 0.05) is 22.9 Å². The van der Waals surface area contributed by atoms with E-state index in [0.717, 1.165) is 5.56 Å². The van der Waals surface area contributed by atoms with Crippen LogP contribution >= 0.6 is 0 Å². The molecule has 4 atom stereocenters. The first-order valence-electron chi connectivity index (χ1n) is 9.45. The van der Waals surface area contributed by atoms with Gasteiger partial charge in [0.2, 0.25) is 0 Å². The number of hydrogen-bond acceptors (Lipinski definition) is 5. The van der Waals surface area contributed by atoms with Crippen molar-refractivity contribution in [2.45, 2.75) is 37.1 Å². The second-order valence-corrected chi connectivity index (χ2v) is 7.20. The molecule has 2 aromatic carbocycles. The number of aliphatic carboxylic acids is 1. The molecule has 1 fully saturated rings. The highest BCUT2D eigenvalue weighted by Gasteiger charge is 2.46. The number of para-hydroxylation sites is 1. The summed E-state index contributed by atoms with van der Waals surface area (Å²) < 4.78 is 11.7. The molecule has 1 saturated heterocycles. The number of carboxylic acids is 1. The maximum absolute atomic E-state index is 12.3. The molecule has 2 aromatic rings. The van der Waals surface area contributed by atoms with Gasteiger partial charge in [-0.1, -0.05) is 18.2 Å². The fourth-order valence-electron chi connectivity index (χ4n) is 3.98. The predicted octanol–water partition coefficient (Wildman–Crippen LogP) is 2.80. The number of urea groups is 1. The third-order valence-electron chi connectivity index (χ3n) is 5.19. The number of benzene rings is 2. The van der Waals surface area contributed by atoms with E-state index in [4.69, 9.17) is 14.6 Å². The minimum Gasteiger partial charge on any atom is -0.487 e. The molecular formula is C21H22N2O6. The Morgan fingerprint density at radius 3 is 2.55 bits per heavy atom. The molecule has 152 valence electrons. The topological polar surface area (TPSA) is 117 Å². The minimum atomic E-state index is -0.947. The van der Waals surface area contributed by atoms with Crippen molar-refractivity contribution in [2.75, 3.05) is 17.2 Å². The summed E-state index contributed by atoms with van der Waals surface area (Å²) in [6.45, 7) is -0.254. The van der Waals surface area contributed by atoms with Crippen molar-refractivity contribution in [3.05, 3.63) is 54.1 Å². The van der Waals surface area contributed by atoms with Crippen LogP contribution in [0.1, 0.15) is 24.3 Å².